The van der Waals surface area contributed by atoms with Crippen molar-refractivity contribution in [2.24, 2.45) is 11.8 Å². The average Bonchev–Trinajstić information content (AvgIpc) is 4.18. The Hall–Kier alpha value is -6.09. The number of amides is 1. The van der Waals surface area contributed by atoms with E-state index in [4.69, 9.17) is 19.7 Å². The number of ether oxygens (including phenoxy) is 2. The number of hydrogen-bond acceptors (Lipinski definition) is 17. The van der Waals surface area contributed by atoms with Crippen molar-refractivity contribution >= 4 is 28.9 Å². The van der Waals surface area contributed by atoms with E-state index in [1.807, 2.05) is 51.4 Å². The van der Waals surface area contributed by atoms with Crippen molar-refractivity contribution in [3.05, 3.63) is 113 Å². The van der Waals surface area contributed by atoms with E-state index in [-0.39, 0.29) is 72.7 Å². The number of hydrogen-bond donors (Lipinski definition) is 5. The minimum Gasteiger partial charge on any atom is -0.507 e. The monoisotopic (exact) mass is 1060 g/mol. The maximum absolute atomic E-state index is 15.7. The lowest BCUT2D eigenvalue weighted by molar-refractivity contribution is -0.131. The lowest BCUT2D eigenvalue weighted by Crippen LogP contribution is -2.50. The molecule has 17 nitrogen and oxygen atoms in total. The number of para-hydroxylation sites is 1. The maximum atomic E-state index is 15.7. The van der Waals surface area contributed by atoms with Crippen LogP contribution in [-0.4, -0.2) is 132 Å². The zero-order chi connectivity index (χ0) is 53.0. The fraction of sp³-hybridized carbons (Fsp3) is 0.509. The Morgan fingerprint density at radius 2 is 1.70 bits per heavy atom. The SMILES string of the molecule is Cc1ncsc1-c1ccc([C@H](C)NC(=O)[C@@H]2C[C@@H](O)CN2C(O)[C@@H](c2cc(N3CCC(CN4CCC(O[C@H]5C[C@H](Oc6cc(CC(F)c7cc(-c8ccccc8O)nnc7N)ccn6)C5)CC4)CC3)no2)C(C)C)cc1. The molecule has 10 rings (SSSR count). The Bertz CT molecular complexity index is 2890. The van der Waals surface area contributed by atoms with Gasteiger partial charge in [-0.25, -0.2) is 14.4 Å². The van der Waals surface area contributed by atoms with Gasteiger partial charge in [-0.15, -0.1) is 21.5 Å². The second kappa shape index (κ2) is 23.7. The van der Waals surface area contributed by atoms with Crippen LogP contribution in [0.15, 0.2) is 89.0 Å². The Labute approximate surface area is 447 Å². The molecule has 3 saturated heterocycles. The summed E-state index contributed by atoms with van der Waals surface area (Å²) >= 11 is 1.60. The number of aryl methyl sites for hydroxylation is 1. The van der Waals surface area contributed by atoms with Crippen LogP contribution in [0.25, 0.3) is 21.7 Å². The predicted octanol–water partition coefficient (Wildman–Crippen LogP) is 8.18. The van der Waals surface area contributed by atoms with E-state index in [1.54, 1.807) is 58.8 Å². The molecular formula is C57H71FN10O7S. The molecule has 3 aliphatic heterocycles. The number of anilines is 2. The molecule has 7 heterocycles. The molecule has 2 unspecified atom stereocenters. The van der Waals surface area contributed by atoms with Crippen molar-refractivity contribution in [3.8, 4) is 33.3 Å². The number of nitrogens with zero attached hydrogens (tertiary/aromatic N) is 8. The molecule has 1 aliphatic carbocycles. The number of aliphatic hydroxyl groups excluding tert-OH is 2. The number of aromatic nitrogens is 5. The number of β-amino-alcohol motifs (C(OH)–C–C–N with tert-alkyl or cyclic N) is 1. The summed E-state index contributed by atoms with van der Waals surface area (Å²) in [5, 5.41) is 48.8. The standard InChI is InChI=1S/C57H71FN10O7S/c1-33(2)53(57(72)68-31-40(69)25-48(68)56(71)62-34(3)38-9-11-39(12-10-38)54-35(4)61-32-76-54)50-29-51(65-75-50)67-21-14-36(15-22-67)30-66-19-16-41(17-20-66)73-42-26-43(27-42)74-52-24-37(13-18-60-52)23-46(58)45-28-47(63-64-55(45)59)44-7-5-6-8-49(44)70/h5-13,18,24,28-29,32-34,36,40-43,46,48,53,57,69-70,72H,14-17,19-23,25-27,30-31H2,1-4H3,(H2,59,64)(H,62,71)/t34-,40+,42-,43-,46?,48-,53+,57?/m0/s1. The minimum atomic E-state index is -1.45. The summed E-state index contributed by atoms with van der Waals surface area (Å²) in [6, 6.07) is 20.9. The lowest BCUT2D eigenvalue weighted by atomic mass is 9.90. The minimum absolute atomic E-state index is 0.00382. The number of thiazole rings is 1. The van der Waals surface area contributed by atoms with Crippen LogP contribution in [0, 0.1) is 18.8 Å². The van der Waals surface area contributed by atoms with Gasteiger partial charge < -0.3 is 50.2 Å². The average molecular weight is 1060 g/mol. The van der Waals surface area contributed by atoms with Crippen molar-refractivity contribution in [1.82, 2.24) is 40.4 Å². The van der Waals surface area contributed by atoms with Gasteiger partial charge in [0.15, 0.2) is 11.6 Å². The van der Waals surface area contributed by atoms with E-state index < -0.39 is 30.5 Å². The second-order valence-corrected chi connectivity index (χ2v) is 22.5. The van der Waals surface area contributed by atoms with Crippen LogP contribution >= 0.6 is 11.3 Å². The highest BCUT2D eigenvalue weighted by atomic mass is 32.1. The molecule has 0 bridgehead atoms. The number of carbonyl (C=O) groups excluding carboxylic acids is 1. The van der Waals surface area contributed by atoms with Crippen LogP contribution in [0.2, 0.25) is 0 Å². The summed E-state index contributed by atoms with van der Waals surface area (Å²) in [6.07, 6.45) is 4.60. The largest absolute Gasteiger partial charge is 0.507 e. The highest BCUT2D eigenvalue weighted by molar-refractivity contribution is 7.13. The number of piperidine rings is 2. The fourth-order valence-corrected chi connectivity index (χ4v) is 12.3. The van der Waals surface area contributed by atoms with Crippen molar-refractivity contribution in [2.45, 2.75) is 134 Å². The summed E-state index contributed by atoms with van der Waals surface area (Å²) in [6.45, 7) is 13.0. The quantitative estimate of drug-likeness (QED) is 0.0516. The first-order valence-corrected chi connectivity index (χ1v) is 27.8. The molecule has 19 heteroatoms. The predicted molar refractivity (Wildman–Crippen MR) is 288 cm³/mol. The molecule has 4 aromatic heterocycles. The van der Waals surface area contributed by atoms with Gasteiger partial charge in [0.25, 0.3) is 0 Å². The van der Waals surface area contributed by atoms with Crippen LogP contribution in [-0.2, 0) is 16.0 Å². The number of pyridine rings is 1. The van der Waals surface area contributed by atoms with Crippen molar-refractivity contribution < 1.29 is 38.5 Å². The highest BCUT2D eigenvalue weighted by Crippen LogP contribution is 2.38. The van der Waals surface area contributed by atoms with E-state index in [2.05, 4.69) is 52.6 Å². The number of phenolic OH excluding ortho intramolecular Hbond substituents is 1. The first-order valence-electron chi connectivity index (χ1n) is 26.9. The molecule has 76 heavy (non-hydrogen) atoms. The van der Waals surface area contributed by atoms with E-state index >= 15 is 4.39 Å². The number of carbonyl (C=O) groups is 1. The zero-order valence-electron chi connectivity index (χ0n) is 43.7. The summed E-state index contributed by atoms with van der Waals surface area (Å²) in [5.41, 5.74) is 12.6. The zero-order valence-corrected chi connectivity index (χ0v) is 44.6. The van der Waals surface area contributed by atoms with Crippen LogP contribution in [0.4, 0.5) is 16.0 Å². The van der Waals surface area contributed by atoms with E-state index in [1.165, 1.54) is 6.07 Å². The number of aromatic hydroxyl groups is 1. The molecule has 1 saturated carbocycles. The fourth-order valence-electron chi connectivity index (χ4n) is 11.4. The first kappa shape index (κ1) is 53.3. The normalized spacial score (nSPS) is 22.6. The Balaban J connectivity index is 0.638. The molecule has 0 radical (unpaired) electrons. The maximum Gasteiger partial charge on any atom is 0.238 e. The molecular weight excluding hydrogens is 988 g/mol. The third kappa shape index (κ3) is 12.3. The van der Waals surface area contributed by atoms with Gasteiger partial charge in [0.1, 0.15) is 30.0 Å². The topological polar surface area (TPSA) is 222 Å². The van der Waals surface area contributed by atoms with Gasteiger partial charge in [0.05, 0.1) is 58.1 Å². The van der Waals surface area contributed by atoms with E-state index in [0.717, 1.165) is 98.8 Å². The number of nitrogen functional groups attached to an aromatic ring is 1. The number of likely N-dealkylation sites (tertiary alicyclic amines) is 2. The Morgan fingerprint density at radius 1 is 0.934 bits per heavy atom. The third-order valence-corrected chi connectivity index (χ3v) is 16.9. The van der Waals surface area contributed by atoms with Gasteiger partial charge in [-0.2, -0.15) is 0 Å². The van der Waals surface area contributed by atoms with Crippen LogP contribution in [0.5, 0.6) is 11.6 Å². The van der Waals surface area contributed by atoms with Crippen LogP contribution in [0.1, 0.15) is 112 Å². The lowest BCUT2D eigenvalue weighted by Gasteiger charge is -2.41. The van der Waals surface area contributed by atoms with Crippen molar-refractivity contribution in [1.29, 1.82) is 0 Å². The number of benzene rings is 2. The van der Waals surface area contributed by atoms with Gasteiger partial charge in [-0.1, -0.05) is 55.4 Å². The van der Waals surface area contributed by atoms with Crippen LogP contribution < -0.4 is 20.7 Å². The number of aliphatic hydroxyl groups is 2. The van der Waals surface area contributed by atoms with Gasteiger partial charge in [-0.3, -0.25) is 9.69 Å². The number of rotatable bonds is 19. The first-order chi connectivity index (χ1) is 36.7. The Kier molecular flexibility index (Phi) is 16.6. The molecule has 4 aliphatic rings. The van der Waals surface area contributed by atoms with E-state index in [0.29, 0.717) is 34.4 Å². The number of halogens is 1. The van der Waals surface area contributed by atoms with Gasteiger partial charge in [0.2, 0.25) is 11.8 Å². The molecule has 6 N–H and O–H groups in total. The van der Waals surface area contributed by atoms with Crippen molar-refractivity contribution in [3.63, 3.8) is 0 Å². The summed E-state index contributed by atoms with van der Waals surface area (Å²) in [7, 11) is 0. The number of alkyl halides is 1. The van der Waals surface area contributed by atoms with Gasteiger partial charge in [-0.05, 0) is 98.7 Å². The number of nitrogens with two attached hydrogens (primary N) is 1. The number of phenols is 1. The molecule has 6 aromatic rings. The summed E-state index contributed by atoms with van der Waals surface area (Å²) in [5.74, 6) is 1.64. The summed E-state index contributed by atoms with van der Waals surface area (Å²) in [4.78, 5) is 30.3. The molecule has 404 valence electrons. The highest BCUT2D eigenvalue weighted by Gasteiger charge is 2.44. The molecule has 4 fully saturated rings. The second-order valence-electron chi connectivity index (χ2n) is 21.7. The molecule has 6 atom stereocenters. The Morgan fingerprint density at radius 3 is 2.42 bits per heavy atom. The smallest absolute Gasteiger partial charge is 0.238 e. The third-order valence-electron chi connectivity index (χ3n) is 15.9. The molecule has 0 spiro atoms. The number of nitrogens with one attached hydrogen (secondary N) is 1. The van der Waals surface area contributed by atoms with E-state index in [9.17, 15) is 20.1 Å². The van der Waals surface area contributed by atoms with Crippen molar-refractivity contribution in [2.75, 3.05) is 49.9 Å². The van der Waals surface area contributed by atoms with Crippen LogP contribution in [0.3, 0.4) is 0 Å². The van der Waals surface area contributed by atoms with Gasteiger partial charge in [0, 0.05) is 88.0 Å². The molecule has 2 aromatic carbocycles. The molecule has 1 amide bonds. The summed E-state index contributed by atoms with van der Waals surface area (Å²) < 4.78 is 34.5. The van der Waals surface area contributed by atoms with Gasteiger partial charge >= 0.3 is 0 Å².